The maximum Gasteiger partial charge on any atom is 0.183 e. The molecule has 1 heterocycles. The summed E-state index contributed by atoms with van der Waals surface area (Å²) in [6.45, 7) is 3.83. The summed E-state index contributed by atoms with van der Waals surface area (Å²) in [5.74, 6) is 0.104. The van der Waals surface area contributed by atoms with Crippen molar-refractivity contribution in [1.82, 2.24) is 0 Å². The second kappa shape index (κ2) is 8.93. The molecule has 1 atom stereocenters. The van der Waals surface area contributed by atoms with E-state index in [1.807, 2.05) is 47.9 Å². The molecule has 3 rings (SSSR count). The summed E-state index contributed by atoms with van der Waals surface area (Å²) in [5, 5.41) is 2.21. The lowest BCUT2D eigenvalue weighted by Crippen LogP contribution is -2.08. The van der Waals surface area contributed by atoms with Crippen molar-refractivity contribution in [3.05, 3.63) is 99.7 Å². The van der Waals surface area contributed by atoms with Crippen LogP contribution in [0, 0.1) is 0 Å². The van der Waals surface area contributed by atoms with E-state index >= 15 is 0 Å². The van der Waals surface area contributed by atoms with E-state index in [0.717, 1.165) is 28.2 Å². The van der Waals surface area contributed by atoms with E-state index in [-0.39, 0.29) is 5.78 Å². The zero-order valence-corrected chi connectivity index (χ0v) is 15.6. The van der Waals surface area contributed by atoms with Crippen molar-refractivity contribution in [2.75, 3.05) is 0 Å². The topological polar surface area (TPSA) is 17.1 Å². The Labute approximate surface area is 157 Å². The largest absolute Gasteiger partial charge is 0.290 e. The van der Waals surface area contributed by atoms with Gasteiger partial charge in [0.15, 0.2) is 5.78 Å². The molecule has 0 saturated heterocycles. The standard InChI is InChI=1S/C22H20OS2/c1-2-24-22-19(20(23)15-13-17-9-5-3-6-10-17)14-16-21(25-22)18-11-7-4-8-12-18/h2-13,15,21H,1,14,16H2/b15-13+. The SMILES string of the molecule is C=CSC1=C(C(=O)/C=C/c2ccccc2)CCC(c2ccccc2)S1. The van der Waals surface area contributed by atoms with Gasteiger partial charge in [0.05, 0.1) is 4.24 Å². The lowest BCUT2D eigenvalue weighted by Gasteiger charge is -2.25. The Balaban J connectivity index is 1.79. The number of ketones is 1. The van der Waals surface area contributed by atoms with Crippen molar-refractivity contribution in [2.45, 2.75) is 18.1 Å². The third kappa shape index (κ3) is 4.77. The summed E-state index contributed by atoms with van der Waals surface area (Å²) < 4.78 is 1.08. The first-order valence-electron chi connectivity index (χ1n) is 8.27. The highest BCUT2D eigenvalue weighted by molar-refractivity contribution is 8.23. The molecule has 0 spiro atoms. The summed E-state index contributed by atoms with van der Waals surface area (Å²) in [6.07, 6.45) is 5.37. The zero-order chi connectivity index (χ0) is 17.5. The maximum absolute atomic E-state index is 12.7. The average molecular weight is 365 g/mol. The molecule has 0 aliphatic carbocycles. The van der Waals surface area contributed by atoms with E-state index in [1.165, 1.54) is 5.56 Å². The van der Waals surface area contributed by atoms with Gasteiger partial charge in [0.25, 0.3) is 0 Å². The number of hydrogen-bond acceptors (Lipinski definition) is 3. The molecule has 1 unspecified atom stereocenters. The summed E-state index contributed by atoms with van der Waals surface area (Å²) in [6, 6.07) is 20.4. The molecular weight excluding hydrogens is 344 g/mol. The molecular formula is C22H20OS2. The number of benzene rings is 2. The Kier molecular flexibility index (Phi) is 6.37. The van der Waals surface area contributed by atoms with Gasteiger partial charge >= 0.3 is 0 Å². The molecule has 0 radical (unpaired) electrons. The molecule has 1 nitrogen and oxygen atoms in total. The summed E-state index contributed by atoms with van der Waals surface area (Å²) in [7, 11) is 0. The van der Waals surface area contributed by atoms with Gasteiger partial charge in [-0.3, -0.25) is 4.79 Å². The van der Waals surface area contributed by atoms with Crippen molar-refractivity contribution >= 4 is 35.4 Å². The van der Waals surface area contributed by atoms with E-state index in [2.05, 4.69) is 30.8 Å². The van der Waals surface area contributed by atoms with Gasteiger partial charge in [0.2, 0.25) is 0 Å². The Bertz CT molecular complexity index is 791. The van der Waals surface area contributed by atoms with E-state index in [1.54, 1.807) is 29.6 Å². The molecule has 1 aliphatic heterocycles. The second-order valence-corrected chi connectivity index (χ2v) is 8.16. The fraction of sp³-hybridized carbons (Fsp3) is 0.136. The molecule has 0 saturated carbocycles. The molecule has 25 heavy (non-hydrogen) atoms. The molecule has 1 aliphatic rings. The maximum atomic E-state index is 12.7. The monoisotopic (exact) mass is 364 g/mol. The highest BCUT2D eigenvalue weighted by atomic mass is 32.2. The first kappa shape index (κ1) is 17.8. The number of rotatable bonds is 6. The van der Waals surface area contributed by atoms with Gasteiger partial charge in [0, 0.05) is 10.8 Å². The minimum atomic E-state index is 0.104. The summed E-state index contributed by atoms with van der Waals surface area (Å²) in [5.41, 5.74) is 3.27. The van der Waals surface area contributed by atoms with Crippen LogP contribution in [0.3, 0.4) is 0 Å². The van der Waals surface area contributed by atoms with Crippen LogP contribution in [0.5, 0.6) is 0 Å². The van der Waals surface area contributed by atoms with Crippen LogP contribution in [-0.4, -0.2) is 5.78 Å². The Morgan fingerprint density at radius 3 is 2.44 bits per heavy atom. The van der Waals surface area contributed by atoms with Crippen molar-refractivity contribution in [3.63, 3.8) is 0 Å². The van der Waals surface area contributed by atoms with Crippen LogP contribution in [0.2, 0.25) is 0 Å². The van der Waals surface area contributed by atoms with Crippen LogP contribution < -0.4 is 0 Å². The van der Waals surface area contributed by atoms with Crippen LogP contribution in [0.4, 0.5) is 0 Å². The average Bonchev–Trinajstić information content (AvgIpc) is 2.68. The highest BCUT2D eigenvalue weighted by Gasteiger charge is 2.25. The van der Waals surface area contributed by atoms with Crippen LogP contribution in [0.25, 0.3) is 6.08 Å². The predicted molar refractivity (Wildman–Crippen MR) is 111 cm³/mol. The third-order valence-electron chi connectivity index (χ3n) is 4.04. The van der Waals surface area contributed by atoms with Gasteiger partial charge < -0.3 is 0 Å². The van der Waals surface area contributed by atoms with Gasteiger partial charge in [-0.05, 0) is 35.5 Å². The van der Waals surface area contributed by atoms with Crippen LogP contribution in [0.15, 0.2) is 88.5 Å². The molecule has 0 bridgehead atoms. The fourth-order valence-electron chi connectivity index (χ4n) is 2.77. The molecule has 0 aromatic heterocycles. The molecule has 2 aromatic carbocycles. The number of allylic oxidation sites excluding steroid dienone is 2. The minimum absolute atomic E-state index is 0.104. The van der Waals surface area contributed by atoms with Crippen LogP contribution >= 0.6 is 23.5 Å². The minimum Gasteiger partial charge on any atom is -0.290 e. The zero-order valence-electron chi connectivity index (χ0n) is 13.9. The Morgan fingerprint density at radius 2 is 1.76 bits per heavy atom. The smallest absolute Gasteiger partial charge is 0.183 e. The molecule has 2 aromatic rings. The quantitative estimate of drug-likeness (QED) is 0.536. The lowest BCUT2D eigenvalue weighted by atomic mass is 10.0. The summed E-state index contributed by atoms with van der Waals surface area (Å²) >= 11 is 3.34. The normalized spacial score (nSPS) is 17.7. The van der Waals surface area contributed by atoms with Crippen molar-refractivity contribution in [1.29, 1.82) is 0 Å². The highest BCUT2D eigenvalue weighted by Crippen LogP contribution is 2.49. The molecule has 0 N–H and O–H groups in total. The third-order valence-corrected chi connectivity index (χ3v) is 6.50. The molecule has 0 fully saturated rings. The van der Waals surface area contributed by atoms with Crippen molar-refractivity contribution in [3.8, 4) is 0 Å². The number of carbonyl (C=O) groups excluding carboxylic acids is 1. The van der Waals surface area contributed by atoms with E-state index < -0.39 is 0 Å². The van der Waals surface area contributed by atoms with Gasteiger partial charge in [-0.2, -0.15) is 0 Å². The number of hydrogen-bond donors (Lipinski definition) is 0. The Hall–Kier alpha value is -1.97. The predicted octanol–water partition coefficient (Wildman–Crippen LogP) is 6.63. The van der Waals surface area contributed by atoms with E-state index in [9.17, 15) is 4.79 Å². The first-order chi connectivity index (χ1) is 12.3. The number of thioether (sulfide) groups is 2. The van der Waals surface area contributed by atoms with Crippen molar-refractivity contribution in [2.24, 2.45) is 0 Å². The molecule has 126 valence electrons. The number of carbonyl (C=O) groups is 1. The van der Waals surface area contributed by atoms with Gasteiger partial charge in [-0.25, -0.2) is 0 Å². The van der Waals surface area contributed by atoms with Gasteiger partial charge in [0.1, 0.15) is 0 Å². The molecule has 0 amide bonds. The van der Waals surface area contributed by atoms with Crippen LogP contribution in [0.1, 0.15) is 29.2 Å². The fourth-order valence-corrected chi connectivity index (χ4v) is 5.18. The van der Waals surface area contributed by atoms with Gasteiger partial charge in [-0.1, -0.05) is 85.1 Å². The van der Waals surface area contributed by atoms with E-state index in [4.69, 9.17) is 0 Å². The van der Waals surface area contributed by atoms with Crippen molar-refractivity contribution < 1.29 is 4.79 Å². The van der Waals surface area contributed by atoms with Crippen LogP contribution in [-0.2, 0) is 4.79 Å². The van der Waals surface area contributed by atoms with Gasteiger partial charge in [-0.15, -0.1) is 11.8 Å². The molecule has 3 heteroatoms. The second-order valence-electron chi connectivity index (χ2n) is 5.71. The first-order valence-corrected chi connectivity index (χ1v) is 10.0. The Morgan fingerprint density at radius 1 is 1.08 bits per heavy atom. The lowest BCUT2D eigenvalue weighted by molar-refractivity contribution is -0.111. The summed E-state index contributed by atoms with van der Waals surface area (Å²) in [4.78, 5) is 12.7. The van der Waals surface area contributed by atoms with E-state index in [0.29, 0.717) is 5.25 Å².